The first-order valence-electron chi connectivity index (χ1n) is 7.55. The third-order valence-electron chi connectivity index (χ3n) is 4.22. The van der Waals surface area contributed by atoms with E-state index in [1.165, 1.54) is 31.2 Å². The summed E-state index contributed by atoms with van der Waals surface area (Å²) in [6.07, 6.45) is 7.19. The molecular weight excluding hydrogens is 250 g/mol. The van der Waals surface area contributed by atoms with Gasteiger partial charge in [-0.15, -0.1) is 0 Å². The maximum atomic E-state index is 5.68. The van der Waals surface area contributed by atoms with E-state index >= 15 is 0 Å². The third kappa shape index (κ3) is 2.96. The van der Waals surface area contributed by atoms with Crippen LogP contribution in [-0.4, -0.2) is 16.2 Å². The summed E-state index contributed by atoms with van der Waals surface area (Å²) in [4.78, 5) is 0. The lowest BCUT2D eigenvalue weighted by Crippen LogP contribution is -2.33. The van der Waals surface area contributed by atoms with Crippen LogP contribution >= 0.6 is 0 Å². The molecule has 0 saturated heterocycles. The van der Waals surface area contributed by atoms with Crippen LogP contribution in [0.1, 0.15) is 43.9 Å². The number of nitrogens with zero attached hydrogens (tertiary/aromatic N) is 1. The molecule has 0 spiro atoms. The van der Waals surface area contributed by atoms with Crippen LogP contribution in [0.25, 0.3) is 11.5 Å². The molecular formula is C16H23N3O. The summed E-state index contributed by atoms with van der Waals surface area (Å²) in [6.45, 7) is 5.16. The monoisotopic (exact) mass is 273 g/mol. The van der Waals surface area contributed by atoms with Gasteiger partial charge in [-0.2, -0.15) is 5.10 Å². The smallest absolute Gasteiger partial charge is 0.152 e. The highest BCUT2D eigenvalue weighted by atomic mass is 16.3. The highest BCUT2D eigenvalue weighted by Crippen LogP contribution is 2.26. The van der Waals surface area contributed by atoms with E-state index in [0.29, 0.717) is 6.04 Å². The topological polar surface area (TPSA) is 53.9 Å². The van der Waals surface area contributed by atoms with Crippen molar-refractivity contribution in [1.82, 2.24) is 15.5 Å². The van der Waals surface area contributed by atoms with Gasteiger partial charge in [0.25, 0.3) is 0 Å². The fourth-order valence-electron chi connectivity index (χ4n) is 3.10. The number of aromatic nitrogens is 2. The van der Waals surface area contributed by atoms with Gasteiger partial charge in [-0.1, -0.05) is 19.8 Å². The molecule has 2 aromatic rings. The predicted octanol–water partition coefficient (Wildman–Crippen LogP) is 3.65. The lowest BCUT2D eigenvalue weighted by molar-refractivity contribution is 0.300. The van der Waals surface area contributed by atoms with Crippen molar-refractivity contribution in [2.45, 2.75) is 52.1 Å². The van der Waals surface area contributed by atoms with Crippen molar-refractivity contribution >= 4 is 0 Å². The fourth-order valence-corrected chi connectivity index (χ4v) is 3.10. The summed E-state index contributed by atoms with van der Waals surface area (Å²) in [5.41, 5.74) is 2.17. The van der Waals surface area contributed by atoms with Gasteiger partial charge in [0.05, 0.1) is 6.20 Å². The van der Waals surface area contributed by atoms with E-state index in [4.69, 9.17) is 4.42 Å². The van der Waals surface area contributed by atoms with Crippen molar-refractivity contribution in [3.63, 3.8) is 0 Å². The minimum absolute atomic E-state index is 0.639. The van der Waals surface area contributed by atoms with Gasteiger partial charge in [0.1, 0.15) is 11.5 Å². The molecule has 108 valence electrons. The van der Waals surface area contributed by atoms with Crippen LogP contribution in [0.5, 0.6) is 0 Å². The summed E-state index contributed by atoms with van der Waals surface area (Å²) < 4.78 is 5.68. The predicted molar refractivity (Wildman–Crippen MR) is 79.3 cm³/mol. The highest BCUT2D eigenvalue weighted by Gasteiger charge is 2.19. The van der Waals surface area contributed by atoms with Gasteiger partial charge < -0.3 is 9.73 Å². The number of nitrogens with one attached hydrogen (secondary N) is 2. The quantitative estimate of drug-likeness (QED) is 0.894. The Bertz CT molecular complexity index is 558. The number of H-pyrrole nitrogens is 1. The normalized spacial score (nSPS) is 23.1. The molecule has 0 amide bonds. The lowest BCUT2D eigenvalue weighted by atomic mass is 9.87. The number of aryl methyl sites for hydroxylation is 1. The molecule has 2 unspecified atom stereocenters. The molecule has 4 nitrogen and oxygen atoms in total. The summed E-state index contributed by atoms with van der Waals surface area (Å²) in [5.74, 6) is 2.64. The summed E-state index contributed by atoms with van der Waals surface area (Å²) in [7, 11) is 0. The molecule has 20 heavy (non-hydrogen) atoms. The van der Waals surface area contributed by atoms with E-state index in [-0.39, 0.29) is 0 Å². The van der Waals surface area contributed by atoms with Crippen molar-refractivity contribution in [2.24, 2.45) is 5.92 Å². The molecule has 0 aliphatic heterocycles. The van der Waals surface area contributed by atoms with Crippen LogP contribution in [0.2, 0.25) is 0 Å². The van der Waals surface area contributed by atoms with Gasteiger partial charge in [-0.3, -0.25) is 5.10 Å². The second-order valence-electron chi connectivity index (χ2n) is 6.03. The minimum Gasteiger partial charge on any atom is -0.460 e. The average molecular weight is 273 g/mol. The van der Waals surface area contributed by atoms with E-state index in [2.05, 4.69) is 22.4 Å². The molecule has 1 fully saturated rings. The van der Waals surface area contributed by atoms with Crippen molar-refractivity contribution in [2.75, 3.05) is 0 Å². The van der Waals surface area contributed by atoms with Crippen LogP contribution in [0.4, 0.5) is 0 Å². The Hall–Kier alpha value is -1.55. The van der Waals surface area contributed by atoms with E-state index < -0.39 is 0 Å². The van der Waals surface area contributed by atoms with Crippen molar-refractivity contribution in [3.05, 3.63) is 29.7 Å². The standard InChI is InChI=1S/C16H23N3O/c1-11-4-3-5-14(8-11)17-9-13-10-18-19-16(13)15-7-6-12(2)20-15/h6-7,10-11,14,17H,3-5,8-9H2,1-2H3,(H,18,19). The van der Waals surface area contributed by atoms with Crippen LogP contribution in [0, 0.1) is 12.8 Å². The summed E-state index contributed by atoms with van der Waals surface area (Å²) in [6, 6.07) is 4.62. The molecule has 0 radical (unpaired) electrons. The number of aromatic amines is 1. The van der Waals surface area contributed by atoms with Gasteiger partial charge in [-0.05, 0) is 37.8 Å². The number of furan rings is 1. The summed E-state index contributed by atoms with van der Waals surface area (Å²) >= 11 is 0. The highest BCUT2D eigenvalue weighted by molar-refractivity contribution is 5.56. The SMILES string of the molecule is Cc1ccc(-c2[nH]ncc2CNC2CCCC(C)C2)o1. The minimum atomic E-state index is 0.639. The molecule has 0 bridgehead atoms. The Morgan fingerprint density at radius 2 is 2.30 bits per heavy atom. The molecule has 3 rings (SSSR count). The van der Waals surface area contributed by atoms with E-state index in [9.17, 15) is 0 Å². The average Bonchev–Trinajstić information content (AvgIpc) is 3.04. The largest absolute Gasteiger partial charge is 0.460 e. The van der Waals surface area contributed by atoms with Crippen molar-refractivity contribution in [3.8, 4) is 11.5 Å². The molecule has 1 aliphatic rings. The van der Waals surface area contributed by atoms with Crippen LogP contribution in [-0.2, 0) is 6.54 Å². The Labute approximate surface area is 120 Å². The molecule has 2 N–H and O–H groups in total. The first-order chi connectivity index (χ1) is 9.72. The molecule has 2 heterocycles. The Morgan fingerprint density at radius 1 is 1.40 bits per heavy atom. The molecule has 4 heteroatoms. The number of hydrogen-bond acceptors (Lipinski definition) is 3. The van der Waals surface area contributed by atoms with Crippen LogP contribution in [0.3, 0.4) is 0 Å². The van der Waals surface area contributed by atoms with Gasteiger partial charge in [0, 0.05) is 18.2 Å². The summed E-state index contributed by atoms with van der Waals surface area (Å²) in [5, 5.41) is 10.9. The molecule has 2 atom stereocenters. The molecule has 1 saturated carbocycles. The van der Waals surface area contributed by atoms with Crippen molar-refractivity contribution < 1.29 is 4.42 Å². The Kier molecular flexibility index (Phi) is 3.92. The number of rotatable bonds is 4. The first kappa shape index (κ1) is 13.4. The maximum Gasteiger partial charge on any atom is 0.152 e. The first-order valence-corrected chi connectivity index (χ1v) is 7.55. The Balaban J connectivity index is 1.65. The lowest BCUT2D eigenvalue weighted by Gasteiger charge is -2.27. The van der Waals surface area contributed by atoms with Crippen molar-refractivity contribution in [1.29, 1.82) is 0 Å². The van der Waals surface area contributed by atoms with E-state index in [0.717, 1.165) is 29.7 Å². The van der Waals surface area contributed by atoms with Gasteiger partial charge >= 0.3 is 0 Å². The molecule has 1 aliphatic carbocycles. The fraction of sp³-hybridized carbons (Fsp3) is 0.562. The van der Waals surface area contributed by atoms with E-state index in [1.807, 2.05) is 25.3 Å². The second kappa shape index (κ2) is 5.83. The third-order valence-corrected chi connectivity index (χ3v) is 4.22. The van der Waals surface area contributed by atoms with E-state index in [1.54, 1.807) is 0 Å². The molecule has 0 aromatic carbocycles. The zero-order valence-electron chi connectivity index (χ0n) is 12.3. The van der Waals surface area contributed by atoms with Gasteiger partial charge in [-0.25, -0.2) is 0 Å². The van der Waals surface area contributed by atoms with Gasteiger partial charge in [0.2, 0.25) is 0 Å². The van der Waals surface area contributed by atoms with Gasteiger partial charge in [0.15, 0.2) is 5.76 Å². The second-order valence-corrected chi connectivity index (χ2v) is 6.03. The maximum absolute atomic E-state index is 5.68. The zero-order chi connectivity index (χ0) is 13.9. The van der Waals surface area contributed by atoms with Crippen LogP contribution in [0.15, 0.2) is 22.7 Å². The zero-order valence-corrected chi connectivity index (χ0v) is 12.3. The number of hydrogen-bond donors (Lipinski definition) is 2. The Morgan fingerprint density at radius 3 is 3.05 bits per heavy atom. The van der Waals surface area contributed by atoms with Crippen LogP contribution < -0.4 is 5.32 Å². The molecule has 2 aromatic heterocycles.